The van der Waals surface area contributed by atoms with E-state index in [0.29, 0.717) is 5.52 Å². The Bertz CT molecular complexity index is 608. The number of fused-ring (bicyclic) bond motifs is 1. The summed E-state index contributed by atoms with van der Waals surface area (Å²) in [5.41, 5.74) is 0.472. The zero-order valence-corrected chi connectivity index (χ0v) is 10.1. The van der Waals surface area contributed by atoms with E-state index in [4.69, 9.17) is 11.6 Å². The predicted molar refractivity (Wildman–Crippen MR) is 60.4 cm³/mol. The van der Waals surface area contributed by atoms with Gasteiger partial charge in [-0.15, -0.1) is 11.6 Å². The smallest absolute Gasteiger partial charge is 0.201 e. The highest BCUT2D eigenvalue weighted by atomic mass is 35.5. The first-order valence-corrected chi connectivity index (χ1v) is 6.73. The first kappa shape index (κ1) is 11.3. The lowest BCUT2D eigenvalue weighted by molar-refractivity contribution is 0.584. The molecular weight excluding hydrogens is 250 g/mol. The molecule has 0 bridgehead atoms. The van der Waals surface area contributed by atoms with Crippen molar-refractivity contribution in [3.8, 4) is 0 Å². The maximum Gasteiger partial charge on any atom is 0.201 e. The lowest BCUT2D eigenvalue weighted by Gasteiger charge is -2.09. The molecule has 2 aromatic heterocycles. The fraction of sp³-hybridized carbons (Fsp3) is 0.333. The summed E-state index contributed by atoms with van der Waals surface area (Å²) in [7, 11) is -3.49. The van der Waals surface area contributed by atoms with Crippen LogP contribution in [0.2, 0.25) is 0 Å². The standard InChI is InChI=1S/C9H10ClN3O2S/c1-7(6-10)16(14,15)9-8-2-3-12-13(8)5-4-11-9/h2-5,7H,6H2,1H3. The van der Waals surface area contributed by atoms with Gasteiger partial charge in [-0.2, -0.15) is 5.10 Å². The van der Waals surface area contributed by atoms with Gasteiger partial charge in [0.15, 0.2) is 5.03 Å². The molecule has 5 nitrogen and oxygen atoms in total. The van der Waals surface area contributed by atoms with E-state index >= 15 is 0 Å². The Morgan fingerprint density at radius 2 is 2.25 bits per heavy atom. The number of rotatable bonds is 3. The van der Waals surface area contributed by atoms with Crippen molar-refractivity contribution in [3.63, 3.8) is 0 Å². The highest BCUT2D eigenvalue weighted by molar-refractivity contribution is 7.92. The average Bonchev–Trinajstić information content (AvgIpc) is 2.75. The number of hydrogen-bond acceptors (Lipinski definition) is 4. The molecule has 0 fully saturated rings. The van der Waals surface area contributed by atoms with Gasteiger partial charge in [0.1, 0.15) is 5.52 Å². The molecule has 0 saturated carbocycles. The van der Waals surface area contributed by atoms with Gasteiger partial charge in [-0.25, -0.2) is 17.9 Å². The van der Waals surface area contributed by atoms with Gasteiger partial charge in [-0.3, -0.25) is 0 Å². The van der Waals surface area contributed by atoms with E-state index in [1.807, 2.05) is 0 Å². The minimum Gasteiger partial charge on any atom is -0.241 e. The second kappa shape index (κ2) is 4.03. The minimum absolute atomic E-state index is 0.0284. The van der Waals surface area contributed by atoms with Crippen LogP contribution in [0.15, 0.2) is 29.7 Å². The van der Waals surface area contributed by atoms with Crippen LogP contribution in [0.4, 0.5) is 0 Å². The van der Waals surface area contributed by atoms with Crippen LogP contribution in [0.5, 0.6) is 0 Å². The topological polar surface area (TPSA) is 64.3 Å². The molecule has 0 amide bonds. The fourth-order valence-corrected chi connectivity index (χ4v) is 3.03. The predicted octanol–water partition coefficient (Wildman–Crippen LogP) is 1.13. The average molecular weight is 260 g/mol. The molecule has 86 valence electrons. The Balaban J connectivity index is 2.68. The molecule has 1 atom stereocenters. The Hall–Kier alpha value is -1.14. The van der Waals surface area contributed by atoms with Crippen molar-refractivity contribution in [2.24, 2.45) is 0 Å². The SMILES string of the molecule is CC(CCl)S(=O)(=O)c1nccn2nccc12. The Morgan fingerprint density at radius 3 is 2.94 bits per heavy atom. The normalized spacial score (nSPS) is 14.1. The van der Waals surface area contributed by atoms with E-state index in [1.165, 1.54) is 16.9 Å². The van der Waals surface area contributed by atoms with Crippen LogP contribution >= 0.6 is 11.6 Å². The molecule has 7 heteroatoms. The van der Waals surface area contributed by atoms with Crippen molar-refractivity contribution >= 4 is 27.0 Å². The number of alkyl halides is 1. The van der Waals surface area contributed by atoms with Crippen LogP contribution in [-0.4, -0.2) is 34.1 Å². The molecule has 0 aliphatic rings. The van der Waals surface area contributed by atoms with Gasteiger partial charge in [0.05, 0.1) is 11.4 Å². The van der Waals surface area contributed by atoms with Gasteiger partial charge < -0.3 is 0 Å². The first-order valence-electron chi connectivity index (χ1n) is 4.65. The summed E-state index contributed by atoms with van der Waals surface area (Å²) in [5.74, 6) is 0.0409. The molecule has 0 radical (unpaired) electrons. The van der Waals surface area contributed by atoms with Crippen LogP contribution in [0.25, 0.3) is 5.52 Å². The maximum atomic E-state index is 12.1. The number of halogens is 1. The van der Waals surface area contributed by atoms with E-state index in [9.17, 15) is 8.42 Å². The van der Waals surface area contributed by atoms with Crippen LogP contribution in [-0.2, 0) is 9.84 Å². The van der Waals surface area contributed by atoms with Crippen molar-refractivity contribution in [2.45, 2.75) is 17.2 Å². The van der Waals surface area contributed by atoms with E-state index in [2.05, 4.69) is 10.1 Å². The lowest BCUT2D eigenvalue weighted by Crippen LogP contribution is -2.21. The van der Waals surface area contributed by atoms with Crippen LogP contribution in [0.1, 0.15) is 6.92 Å². The Labute approximate surface area is 98.0 Å². The van der Waals surface area contributed by atoms with Crippen molar-refractivity contribution in [1.82, 2.24) is 14.6 Å². The van der Waals surface area contributed by atoms with Gasteiger partial charge in [0.25, 0.3) is 0 Å². The summed E-state index contributed by atoms with van der Waals surface area (Å²) in [4.78, 5) is 3.91. The summed E-state index contributed by atoms with van der Waals surface area (Å²) < 4.78 is 25.6. The third-order valence-electron chi connectivity index (χ3n) is 2.31. The summed E-state index contributed by atoms with van der Waals surface area (Å²) in [6.07, 6.45) is 4.54. The molecule has 16 heavy (non-hydrogen) atoms. The molecule has 0 aromatic carbocycles. The quantitative estimate of drug-likeness (QED) is 0.775. The van der Waals surface area contributed by atoms with Crippen LogP contribution in [0.3, 0.4) is 0 Å². The third kappa shape index (κ3) is 1.68. The zero-order valence-electron chi connectivity index (χ0n) is 8.54. The van der Waals surface area contributed by atoms with Crippen LogP contribution in [0, 0.1) is 0 Å². The van der Waals surface area contributed by atoms with Gasteiger partial charge in [-0.05, 0) is 13.0 Å². The second-order valence-corrected chi connectivity index (χ2v) is 5.99. The van der Waals surface area contributed by atoms with Gasteiger partial charge in [0, 0.05) is 18.3 Å². The van der Waals surface area contributed by atoms with Crippen molar-refractivity contribution in [3.05, 3.63) is 24.7 Å². The number of sulfone groups is 1. The number of nitrogens with zero attached hydrogens (tertiary/aromatic N) is 3. The van der Waals surface area contributed by atoms with Gasteiger partial charge in [0.2, 0.25) is 9.84 Å². The van der Waals surface area contributed by atoms with Crippen molar-refractivity contribution in [2.75, 3.05) is 5.88 Å². The summed E-state index contributed by atoms with van der Waals surface area (Å²) >= 11 is 5.58. The summed E-state index contributed by atoms with van der Waals surface area (Å²) in [6, 6.07) is 1.61. The lowest BCUT2D eigenvalue weighted by atomic mass is 10.5. The molecule has 0 spiro atoms. The van der Waals surface area contributed by atoms with E-state index in [-0.39, 0.29) is 10.9 Å². The van der Waals surface area contributed by atoms with Gasteiger partial charge >= 0.3 is 0 Å². The second-order valence-electron chi connectivity index (χ2n) is 3.40. The Morgan fingerprint density at radius 1 is 1.50 bits per heavy atom. The van der Waals surface area contributed by atoms with Crippen molar-refractivity contribution in [1.29, 1.82) is 0 Å². The molecule has 0 aliphatic carbocycles. The highest BCUT2D eigenvalue weighted by Gasteiger charge is 2.26. The fourth-order valence-electron chi connectivity index (χ4n) is 1.33. The summed E-state index contributed by atoms with van der Waals surface area (Å²) in [5, 5.41) is 3.32. The zero-order chi connectivity index (χ0) is 11.8. The molecule has 2 rings (SSSR count). The third-order valence-corrected chi connectivity index (χ3v) is 5.03. The van der Waals surface area contributed by atoms with E-state index < -0.39 is 15.1 Å². The molecule has 2 heterocycles. The first-order chi connectivity index (χ1) is 7.57. The molecule has 1 unspecified atom stereocenters. The highest BCUT2D eigenvalue weighted by Crippen LogP contribution is 2.19. The summed E-state index contributed by atoms with van der Waals surface area (Å²) in [6.45, 7) is 1.56. The largest absolute Gasteiger partial charge is 0.241 e. The van der Waals surface area contributed by atoms with Crippen LogP contribution < -0.4 is 0 Å². The maximum absolute atomic E-state index is 12.1. The monoisotopic (exact) mass is 259 g/mol. The molecule has 0 saturated heterocycles. The minimum atomic E-state index is -3.49. The molecule has 0 N–H and O–H groups in total. The van der Waals surface area contributed by atoms with Gasteiger partial charge in [-0.1, -0.05) is 0 Å². The van der Waals surface area contributed by atoms with Crippen molar-refractivity contribution < 1.29 is 8.42 Å². The van der Waals surface area contributed by atoms with E-state index in [1.54, 1.807) is 19.2 Å². The molecule has 0 aliphatic heterocycles. The molecular formula is C9H10ClN3O2S. The van der Waals surface area contributed by atoms with E-state index in [0.717, 1.165) is 0 Å². The number of hydrogen-bond donors (Lipinski definition) is 0. The Kier molecular flexibility index (Phi) is 2.86. The number of aromatic nitrogens is 3. The molecule has 2 aromatic rings.